The van der Waals surface area contributed by atoms with E-state index in [0.29, 0.717) is 5.57 Å². The number of unbranched alkanes of at least 4 members (excludes halogenated alkanes) is 1. The van der Waals surface area contributed by atoms with E-state index in [0.717, 1.165) is 24.2 Å². The molecule has 0 N–H and O–H groups in total. The van der Waals surface area contributed by atoms with Gasteiger partial charge in [0.2, 0.25) is 0 Å². The Kier molecular flexibility index (Phi) is 5.27. The first-order valence-corrected chi connectivity index (χ1v) is 5.65. The Bertz CT molecular complexity index is 390. The predicted molar refractivity (Wildman–Crippen MR) is 67.9 cm³/mol. The molecule has 0 aliphatic rings. The molecule has 1 rings (SSSR count). The Morgan fingerprint density at radius 3 is 2.35 bits per heavy atom. The fourth-order valence-corrected chi connectivity index (χ4v) is 1.49. The van der Waals surface area contributed by atoms with Gasteiger partial charge in [-0.2, -0.15) is 0 Å². The van der Waals surface area contributed by atoms with E-state index in [1.807, 2.05) is 30.3 Å². The van der Waals surface area contributed by atoms with Crippen LogP contribution in [0.5, 0.6) is 5.75 Å². The molecule has 0 atom stereocenters. The van der Waals surface area contributed by atoms with Gasteiger partial charge >= 0.3 is 5.97 Å². The molecular formula is C14H18O3. The minimum absolute atomic E-state index is 0.302. The van der Waals surface area contributed by atoms with Gasteiger partial charge in [-0.25, -0.2) is 4.79 Å². The van der Waals surface area contributed by atoms with Crippen LogP contribution >= 0.6 is 0 Å². The summed E-state index contributed by atoms with van der Waals surface area (Å²) in [7, 11) is 3.01. The van der Waals surface area contributed by atoms with Crippen molar-refractivity contribution < 1.29 is 14.3 Å². The summed E-state index contributed by atoms with van der Waals surface area (Å²) in [6.07, 6.45) is 3.76. The molecule has 0 saturated carbocycles. The third-order valence-electron chi connectivity index (χ3n) is 2.44. The summed E-state index contributed by atoms with van der Waals surface area (Å²) in [5.74, 6) is 0.470. The second-order valence-electron chi connectivity index (χ2n) is 3.63. The van der Waals surface area contributed by atoms with Gasteiger partial charge in [0.25, 0.3) is 0 Å². The minimum atomic E-state index is -0.302. The fraction of sp³-hybridized carbons (Fsp3) is 0.357. The maximum atomic E-state index is 11.7. The molecule has 1 aromatic rings. The summed E-state index contributed by atoms with van der Waals surface area (Å²) in [5.41, 5.74) is 1.46. The standard InChI is InChI=1S/C14H18O3/c1-4-5-6-13(14(15)17-3)11-7-9-12(16-2)10-8-11/h6-10H,4-5H2,1-3H3/b13-6-. The fourth-order valence-electron chi connectivity index (χ4n) is 1.49. The summed E-state index contributed by atoms with van der Waals surface area (Å²) in [5, 5.41) is 0. The van der Waals surface area contributed by atoms with Crippen molar-refractivity contribution in [3.63, 3.8) is 0 Å². The van der Waals surface area contributed by atoms with Crippen LogP contribution in [0.25, 0.3) is 5.57 Å². The monoisotopic (exact) mass is 234 g/mol. The highest BCUT2D eigenvalue weighted by Crippen LogP contribution is 2.20. The van der Waals surface area contributed by atoms with Crippen LogP contribution in [0.15, 0.2) is 30.3 Å². The Morgan fingerprint density at radius 1 is 1.24 bits per heavy atom. The van der Waals surface area contributed by atoms with Gasteiger partial charge < -0.3 is 9.47 Å². The number of methoxy groups -OCH3 is 2. The molecule has 0 aliphatic heterocycles. The van der Waals surface area contributed by atoms with E-state index < -0.39 is 0 Å². The molecular weight excluding hydrogens is 216 g/mol. The molecule has 0 amide bonds. The molecule has 92 valence electrons. The average Bonchev–Trinajstić information content (AvgIpc) is 2.39. The molecule has 0 radical (unpaired) electrons. The van der Waals surface area contributed by atoms with Crippen LogP contribution in [-0.2, 0) is 9.53 Å². The van der Waals surface area contributed by atoms with Gasteiger partial charge in [0.15, 0.2) is 0 Å². The predicted octanol–water partition coefficient (Wildman–Crippen LogP) is 3.05. The van der Waals surface area contributed by atoms with E-state index in [-0.39, 0.29) is 5.97 Å². The number of hydrogen-bond acceptors (Lipinski definition) is 3. The van der Waals surface area contributed by atoms with E-state index in [9.17, 15) is 4.79 Å². The highest BCUT2D eigenvalue weighted by atomic mass is 16.5. The van der Waals surface area contributed by atoms with E-state index >= 15 is 0 Å². The SMILES string of the molecule is CCC/C=C(\C(=O)OC)c1ccc(OC)cc1. The van der Waals surface area contributed by atoms with Gasteiger partial charge in [0, 0.05) is 0 Å². The molecule has 0 saturated heterocycles. The van der Waals surface area contributed by atoms with Crippen molar-refractivity contribution in [1.29, 1.82) is 0 Å². The molecule has 0 aromatic heterocycles. The number of ether oxygens (including phenoxy) is 2. The van der Waals surface area contributed by atoms with Gasteiger partial charge in [0.1, 0.15) is 5.75 Å². The molecule has 0 bridgehead atoms. The van der Waals surface area contributed by atoms with Crippen molar-refractivity contribution in [3.05, 3.63) is 35.9 Å². The summed E-state index contributed by atoms with van der Waals surface area (Å²) in [6, 6.07) is 7.38. The molecule has 1 aromatic carbocycles. The van der Waals surface area contributed by atoms with Crippen molar-refractivity contribution in [2.45, 2.75) is 19.8 Å². The number of rotatable bonds is 5. The lowest BCUT2D eigenvalue weighted by Crippen LogP contribution is -2.04. The summed E-state index contributed by atoms with van der Waals surface area (Å²) >= 11 is 0. The third-order valence-corrected chi connectivity index (χ3v) is 2.44. The molecule has 0 unspecified atom stereocenters. The lowest BCUT2D eigenvalue weighted by molar-refractivity contribution is -0.133. The molecule has 3 heteroatoms. The van der Waals surface area contributed by atoms with Gasteiger partial charge in [-0.1, -0.05) is 31.6 Å². The molecule has 17 heavy (non-hydrogen) atoms. The van der Waals surface area contributed by atoms with E-state index in [2.05, 4.69) is 6.92 Å². The Balaban J connectivity index is 3.00. The van der Waals surface area contributed by atoms with Crippen LogP contribution in [0.1, 0.15) is 25.3 Å². The number of benzene rings is 1. The quantitative estimate of drug-likeness (QED) is 0.580. The average molecular weight is 234 g/mol. The normalized spacial score (nSPS) is 11.1. The lowest BCUT2D eigenvalue weighted by atomic mass is 10.0. The number of carbonyl (C=O) groups is 1. The molecule has 0 spiro atoms. The zero-order valence-corrected chi connectivity index (χ0v) is 10.5. The van der Waals surface area contributed by atoms with Gasteiger partial charge in [-0.05, 0) is 24.1 Å². The number of carbonyl (C=O) groups excluding carboxylic acids is 1. The highest BCUT2D eigenvalue weighted by Gasteiger charge is 2.11. The first-order chi connectivity index (χ1) is 8.22. The number of hydrogen-bond donors (Lipinski definition) is 0. The zero-order valence-electron chi connectivity index (χ0n) is 10.5. The highest BCUT2D eigenvalue weighted by molar-refractivity contribution is 6.16. The largest absolute Gasteiger partial charge is 0.497 e. The molecule has 0 aliphatic carbocycles. The number of allylic oxidation sites excluding steroid dienone is 1. The second-order valence-corrected chi connectivity index (χ2v) is 3.63. The Morgan fingerprint density at radius 2 is 1.88 bits per heavy atom. The van der Waals surface area contributed by atoms with Crippen LogP contribution in [0.4, 0.5) is 0 Å². The van der Waals surface area contributed by atoms with E-state index in [4.69, 9.17) is 9.47 Å². The molecule has 0 heterocycles. The van der Waals surface area contributed by atoms with Crippen molar-refractivity contribution >= 4 is 11.5 Å². The van der Waals surface area contributed by atoms with E-state index in [1.54, 1.807) is 7.11 Å². The van der Waals surface area contributed by atoms with Crippen molar-refractivity contribution in [2.24, 2.45) is 0 Å². The molecule has 3 nitrogen and oxygen atoms in total. The maximum Gasteiger partial charge on any atom is 0.338 e. The zero-order chi connectivity index (χ0) is 12.7. The van der Waals surface area contributed by atoms with Gasteiger partial charge in [-0.3, -0.25) is 0 Å². The molecule has 0 fully saturated rings. The van der Waals surface area contributed by atoms with Crippen LogP contribution < -0.4 is 4.74 Å². The van der Waals surface area contributed by atoms with Crippen LogP contribution in [-0.4, -0.2) is 20.2 Å². The van der Waals surface area contributed by atoms with Crippen LogP contribution in [0.3, 0.4) is 0 Å². The maximum absolute atomic E-state index is 11.7. The topological polar surface area (TPSA) is 35.5 Å². The Hall–Kier alpha value is -1.77. The summed E-state index contributed by atoms with van der Waals surface area (Å²) in [4.78, 5) is 11.7. The number of esters is 1. The van der Waals surface area contributed by atoms with Gasteiger partial charge in [0.05, 0.1) is 19.8 Å². The van der Waals surface area contributed by atoms with Crippen LogP contribution in [0, 0.1) is 0 Å². The first-order valence-electron chi connectivity index (χ1n) is 5.65. The first kappa shape index (κ1) is 13.3. The summed E-state index contributed by atoms with van der Waals surface area (Å²) in [6.45, 7) is 2.07. The van der Waals surface area contributed by atoms with Crippen molar-refractivity contribution in [1.82, 2.24) is 0 Å². The Labute approximate surface area is 102 Å². The third kappa shape index (κ3) is 3.63. The second kappa shape index (κ2) is 6.74. The van der Waals surface area contributed by atoms with Gasteiger partial charge in [-0.15, -0.1) is 0 Å². The van der Waals surface area contributed by atoms with Crippen molar-refractivity contribution in [2.75, 3.05) is 14.2 Å². The minimum Gasteiger partial charge on any atom is -0.497 e. The summed E-state index contributed by atoms with van der Waals surface area (Å²) < 4.78 is 9.86. The van der Waals surface area contributed by atoms with Crippen LogP contribution in [0.2, 0.25) is 0 Å². The lowest BCUT2D eigenvalue weighted by Gasteiger charge is -2.07. The smallest absolute Gasteiger partial charge is 0.338 e. The van der Waals surface area contributed by atoms with E-state index in [1.165, 1.54) is 7.11 Å². The van der Waals surface area contributed by atoms with Crippen molar-refractivity contribution in [3.8, 4) is 5.75 Å².